The highest BCUT2D eigenvalue weighted by Crippen LogP contribution is 2.21. The van der Waals surface area contributed by atoms with Gasteiger partial charge in [0.2, 0.25) is 0 Å². The fourth-order valence-corrected chi connectivity index (χ4v) is 2.07. The van der Waals surface area contributed by atoms with Crippen molar-refractivity contribution in [1.82, 2.24) is 10.6 Å². The zero-order valence-corrected chi connectivity index (χ0v) is 12.7. The maximum absolute atomic E-state index is 11.5. The standard InChI is InChI=1S/C12H22N2O5S/c1-12(2,3)20-7-6-13-11(19)14-8(10(17)18)4-5-9(15)16/h8H,4-7H2,1-3H3,(H,15,16)(H,17,18)(H2,13,14,19). The minimum absolute atomic E-state index is 0.100. The second-order valence-electron chi connectivity index (χ2n) is 5.18. The lowest BCUT2D eigenvalue weighted by atomic mass is 10.1. The number of carbonyl (C=O) groups excluding carboxylic acids is 1. The van der Waals surface area contributed by atoms with Crippen LogP contribution in [0.25, 0.3) is 0 Å². The third-order valence-electron chi connectivity index (χ3n) is 2.17. The van der Waals surface area contributed by atoms with Crippen molar-refractivity contribution in [2.24, 2.45) is 0 Å². The van der Waals surface area contributed by atoms with Crippen molar-refractivity contribution in [3.05, 3.63) is 0 Å². The predicted octanol–water partition coefficient (Wildman–Crippen LogP) is 1.14. The number of hydrogen-bond acceptors (Lipinski definition) is 4. The average molecular weight is 306 g/mol. The molecule has 0 spiro atoms. The largest absolute Gasteiger partial charge is 0.481 e. The third kappa shape index (κ3) is 10.5. The van der Waals surface area contributed by atoms with Gasteiger partial charge in [-0.05, 0) is 6.42 Å². The Kier molecular flexibility index (Phi) is 8.05. The molecule has 0 fully saturated rings. The molecule has 116 valence electrons. The van der Waals surface area contributed by atoms with E-state index in [1.807, 2.05) is 0 Å². The summed E-state index contributed by atoms with van der Waals surface area (Å²) in [4.78, 5) is 32.7. The lowest BCUT2D eigenvalue weighted by molar-refractivity contribution is -0.140. The molecule has 0 aromatic carbocycles. The van der Waals surface area contributed by atoms with Crippen LogP contribution in [0.4, 0.5) is 4.79 Å². The highest BCUT2D eigenvalue weighted by molar-refractivity contribution is 8.00. The van der Waals surface area contributed by atoms with Crippen LogP contribution in [0.15, 0.2) is 0 Å². The van der Waals surface area contributed by atoms with Crippen molar-refractivity contribution in [1.29, 1.82) is 0 Å². The zero-order valence-electron chi connectivity index (χ0n) is 11.9. The first-order valence-corrected chi connectivity index (χ1v) is 7.23. The monoisotopic (exact) mass is 306 g/mol. The SMILES string of the molecule is CC(C)(C)SCCNC(=O)NC(CCC(=O)O)C(=O)O. The molecule has 7 nitrogen and oxygen atoms in total. The molecule has 0 aromatic heterocycles. The number of urea groups is 1. The summed E-state index contributed by atoms with van der Waals surface area (Å²) in [5.74, 6) is -1.63. The lowest BCUT2D eigenvalue weighted by Gasteiger charge is -2.18. The Morgan fingerprint density at radius 3 is 2.25 bits per heavy atom. The number of carboxylic acids is 2. The Labute approximate surface area is 122 Å². The van der Waals surface area contributed by atoms with Gasteiger partial charge >= 0.3 is 18.0 Å². The van der Waals surface area contributed by atoms with Crippen LogP contribution in [0.1, 0.15) is 33.6 Å². The molecule has 0 heterocycles. The molecule has 0 rings (SSSR count). The van der Waals surface area contributed by atoms with Gasteiger partial charge in [0.05, 0.1) is 0 Å². The van der Waals surface area contributed by atoms with Crippen LogP contribution in [0.3, 0.4) is 0 Å². The number of rotatable bonds is 8. The number of aliphatic carboxylic acids is 2. The molecule has 8 heteroatoms. The molecule has 0 aliphatic heterocycles. The summed E-state index contributed by atoms with van der Waals surface area (Å²) in [6.45, 7) is 6.59. The van der Waals surface area contributed by atoms with E-state index in [0.717, 1.165) is 0 Å². The molecule has 0 aliphatic rings. The van der Waals surface area contributed by atoms with Crippen molar-refractivity contribution < 1.29 is 24.6 Å². The van der Waals surface area contributed by atoms with Gasteiger partial charge in [-0.1, -0.05) is 20.8 Å². The molecule has 0 bridgehead atoms. The number of carbonyl (C=O) groups is 3. The molecule has 0 aromatic rings. The van der Waals surface area contributed by atoms with Crippen LogP contribution in [0.5, 0.6) is 0 Å². The summed E-state index contributed by atoms with van der Waals surface area (Å²) in [6, 6.07) is -1.79. The van der Waals surface area contributed by atoms with Crippen LogP contribution < -0.4 is 10.6 Å². The summed E-state index contributed by atoms with van der Waals surface area (Å²) in [5.41, 5.74) is 0. The van der Waals surface area contributed by atoms with Gasteiger partial charge < -0.3 is 20.8 Å². The van der Waals surface area contributed by atoms with E-state index in [0.29, 0.717) is 12.3 Å². The van der Waals surface area contributed by atoms with Crippen LogP contribution in [0.2, 0.25) is 0 Å². The van der Waals surface area contributed by atoms with Gasteiger partial charge in [0, 0.05) is 23.5 Å². The van der Waals surface area contributed by atoms with Crippen molar-refractivity contribution in [2.75, 3.05) is 12.3 Å². The summed E-state index contributed by atoms with van der Waals surface area (Å²) in [5, 5.41) is 22.2. The van der Waals surface area contributed by atoms with E-state index in [-0.39, 0.29) is 17.6 Å². The Morgan fingerprint density at radius 1 is 1.20 bits per heavy atom. The van der Waals surface area contributed by atoms with Gasteiger partial charge in [-0.2, -0.15) is 11.8 Å². The molecule has 2 amide bonds. The quantitative estimate of drug-likeness (QED) is 0.500. The van der Waals surface area contributed by atoms with Gasteiger partial charge in [0.1, 0.15) is 6.04 Å². The van der Waals surface area contributed by atoms with E-state index in [1.54, 1.807) is 11.8 Å². The van der Waals surface area contributed by atoms with E-state index in [4.69, 9.17) is 10.2 Å². The molecule has 1 unspecified atom stereocenters. The lowest BCUT2D eigenvalue weighted by Crippen LogP contribution is -2.46. The van der Waals surface area contributed by atoms with Gasteiger partial charge in [0.25, 0.3) is 0 Å². The Balaban J connectivity index is 4.01. The average Bonchev–Trinajstić information content (AvgIpc) is 2.28. The molecule has 0 radical (unpaired) electrons. The molecular formula is C12H22N2O5S. The first kappa shape index (κ1) is 18.6. The number of carboxylic acid groups (broad SMARTS) is 2. The smallest absolute Gasteiger partial charge is 0.326 e. The maximum Gasteiger partial charge on any atom is 0.326 e. The van der Waals surface area contributed by atoms with Gasteiger partial charge in [-0.15, -0.1) is 0 Å². The van der Waals surface area contributed by atoms with Crippen LogP contribution >= 0.6 is 11.8 Å². The molecule has 0 saturated carbocycles. The van der Waals surface area contributed by atoms with Gasteiger partial charge in [-0.3, -0.25) is 4.79 Å². The minimum atomic E-state index is -1.24. The van der Waals surface area contributed by atoms with Gasteiger partial charge in [-0.25, -0.2) is 9.59 Å². The minimum Gasteiger partial charge on any atom is -0.481 e. The van der Waals surface area contributed by atoms with Crippen molar-refractivity contribution >= 4 is 29.7 Å². The third-order valence-corrected chi connectivity index (χ3v) is 3.45. The van der Waals surface area contributed by atoms with Gasteiger partial charge in [0.15, 0.2) is 0 Å². The number of hydrogen-bond donors (Lipinski definition) is 4. The van der Waals surface area contributed by atoms with Crippen LogP contribution in [-0.2, 0) is 9.59 Å². The number of amides is 2. The second kappa shape index (κ2) is 8.68. The van der Waals surface area contributed by atoms with Crippen LogP contribution in [0, 0.1) is 0 Å². The highest BCUT2D eigenvalue weighted by Gasteiger charge is 2.20. The normalized spacial score (nSPS) is 12.6. The first-order valence-electron chi connectivity index (χ1n) is 6.25. The van der Waals surface area contributed by atoms with E-state index in [1.165, 1.54) is 0 Å². The Morgan fingerprint density at radius 2 is 1.80 bits per heavy atom. The van der Waals surface area contributed by atoms with Crippen molar-refractivity contribution in [2.45, 2.75) is 44.4 Å². The topological polar surface area (TPSA) is 116 Å². The molecule has 0 aliphatic carbocycles. The van der Waals surface area contributed by atoms with E-state index in [2.05, 4.69) is 31.4 Å². The van der Waals surface area contributed by atoms with Crippen LogP contribution in [-0.4, -0.2) is 51.3 Å². The molecular weight excluding hydrogens is 284 g/mol. The van der Waals surface area contributed by atoms with Crippen molar-refractivity contribution in [3.8, 4) is 0 Å². The zero-order chi connectivity index (χ0) is 15.8. The highest BCUT2D eigenvalue weighted by atomic mass is 32.2. The summed E-state index contributed by atoms with van der Waals surface area (Å²) in [7, 11) is 0. The number of nitrogens with one attached hydrogen (secondary N) is 2. The Hall–Kier alpha value is -1.44. The van der Waals surface area contributed by atoms with E-state index >= 15 is 0 Å². The second-order valence-corrected chi connectivity index (χ2v) is 7.11. The van der Waals surface area contributed by atoms with Crippen molar-refractivity contribution in [3.63, 3.8) is 0 Å². The predicted molar refractivity (Wildman–Crippen MR) is 77.0 cm³/mol. The first-order chi connectivity index (χ1) is 9.11. The molecule has 20 heavy (non-hydrogen) atoms. The Bertz CT molecular complexity index is 354. The van der Waals surface area contributed by atoms with E-state index in [9.17, 15) is 14.4 Å². The fourth-order valence-electron chi connectivity index (χ4n) is 1.26. The summed E-state index contributed by atoms with van der Waals surface area (Å²) >= 11 is 1.68. The summed E-state index contributed by atoms with van der Waals surface area (Å²) < 4.78 is 0.100. The maximum atomic E-state index is 11.5. The molecule has 4 N–H and O–H groups in total. The molecule has 1 atom stereocenters. The number of thioether (sulfide) groups is 1. The fraction of sp³-hybridized carbons (Fsp3) is 0.750. The summed E-state index contributed by atoms with van der Waals surface area (Å²) in [6.07, 6.45) is -0.452. The molecule has 0 saturated heterocycles. The van der Waals surface area contributed by atoms with E-state index < -0.39 is 24.0 Å².